The van der Waals surface area contributed by atoms with Gasteiger partial charge in [0, 0.05) is 24.5 Å². The molecular weight excluding hydrogens is 320 g/mol. The maximum absolute atomic E-state index is 13.1. The van der Waals surface area contributed by atoms with Gasteiger partial charge in [-0.1, -0.05) is 42.5 Å². The average molecular weight is 344 g/mol. The quantitative estimate of drug-likeness (QED) is 0.644. The van der Waals surface area contributed by atoms with Crippen molar-refractivity contribution in [3.8, 4) is 0 Å². The number of carbonyl (C=O) groups excluding carboxylic acids is 1. The van der Waals surface area contributed by atoms with E-state index in [0.29, 0.717) is 12.3 Å². The van der Waals surface area contributed by atoms with E-state index in [1.807, 2.05) is 53.7 Å². The molecular formula is C23H24N2O. The molecule has 0 saturated heterocycles. The van der Waals surface area contributed by atoms with Crippen molar-refractivity contribution in [1.29, 1.82) is 0 Å². The number of amides is 1. The maximum atomic E-state index is 13.1. The molecule has 26 heavy (non-hydrogen) atoms. The molecule has 0 radical (unpaired) electrons. The van der Waals surface area contributed by atoms with Gasteiger partial charge in [0.05, 0.1) is 5.69 Å². The zero-order valence-corrected chi connectivity index (χ0v) is 14.9. The van der Waals surface area contributed by atoms with E-state index >= 15 is 0 Å². The summed E-state index contributed by atoms with van der Waals surface area (Å²) in [6.45, 7) is 0. The lowest BCUT2D eigenvalue weighted by atomic mass is 9.80. The molecule has 0 fully saturated rings. The number of carbonyl (C=O) groups is 1. The molecule has 1 aliphatic carbocycles. The van der Waals surface area contributed by atoms with Gasteiger partial charge in [0.1, 0.15) is 0 Å². The number of para-hydroxylation sites is 1. The van der Waals surface area contributed by atoms with Crippen LogP contribution in [0.4, 0.5) is 11.4 Å². The SMILES string of the molecule is O=C(CCC1CCCc2ccccc21)N(c1ccccc1)c1cc[nH]c1. The van der Waals surface area contributed by atoms with E-state index in [9.17, 15) is 4.79 Å². The minimum absolute atomic E-state index is 0.152. The highest BCUT2D eigenvalue weighted by atomic mass is 16.2. The molecule has 132 valence electrons. The van der Waals surface area contributed by atoms with Crippen LogP contribution in [0, 0.1) is 0 Å². The summed E-state index contributed by atoms with van der Waals surface area (Å²) in [5.41, 5.74) is 4.72. The number of H-pyrrole nitrogens is 1. The Hall–Kier alpha value is -2.81. The zero-order chi connectivity index (χ0) is 17.8. The molecule has 0 aliphatic heterocycles. The number of nitrogens with zero attached hydrogens (tertiary/aromatic N) is 1. The summed E-state index contributed by atoms with van der Waals surface area (Å²) in [6.07, 6.45) is 8.76. The van der Waals surface area contributed by atoms with Gasteiger partial charge in [-0.25, -0.2) is 0 Å². The van der Waals surface area contributed by atoms with Crippen molar-refractivity contribution in [1.82, 2.24) is 4.98 Å². The minimum Gasteiger partial charge on any atom is -0.366 e. The normalized spacial score (nSPS) is 16.1. The number of hydrogen-bond acceptors (Lipinski definition) is 1. The zero-order valence-electron chi connectivity index (χ0n) is 14.9. The van der Waals surface area contributed by atoms with Crippen molar-refractivity contribution in [2.24, 2.45) is 0 Å². The first kappa shape index (κ1) is 16.6. The van der Waals surface area contributed by atoms with Crippen LogP contribution in [0.25, 0.3) is 0 Å². The summed E-state index contributed by atoms with van der Waals surface area (Å²) >= 11 is 0. The van der Waals surface area contributed by atoms with E-state index < -0.39 is 0 Å². The van der Waals surface area contributed by atoms with Gasteiger partial charge in [-0.05, 0) is 60.9 Å². The Morgan fingerprint density at radius 1 is 1.00 bits per heavy atom. The molecule has 0 bridgehead atoms. The summed E-state index contributed by atoms with van der Waals surface area (Å²) in [7, 11) is 0. The molecule has 1 aromatic heterocycles. The van der Waals surface area contributed by atoms with Crippen molar-refractivity contribution >= 4 is 17.3 Å². The lowest BCUT2D eigenvalue weighted by Gasteiger charge is -2.27. The molecule has 2 aromatic carbocycles. The molecule has 0 spiro atoms. The standard InChI is InChI=1S/C23H24N2O/c26-23(14-13-19-9-6-8-18-7-4-5-12-22(18)19)25(21-15-16-24-17-21)20-10-2-1-3-11-20/h1-5,7,10-12,15-17,19,24H,6,8-9,13-14H2. The fraction of sp³-hybridized carbons (Fsp3) is 0.261. The van der Waals surface area contributed by atoms with Gasteiger partial charge in [-0.15, -0.1) is 0 Å². The fourth-order valence-electron chi connectivity index (χ4n) is 4.03. The highest BCUT2D eigenvalue weighted by Gasteiger charge is 2.23. The van der Waals surface area contributed by atoms with E-state index in [1.165, 1.54) is 30.4 Å². The Kier molecular flexibility index (Phi) is 4.87. The van der Waals surface area contributed by atoms with Crippen molar-refractivity contribution in [3.05, 3.63) is 84.2 Å². The smallest absolute Gasteiger partial charge is 0.231 e. The number of aromatic amines is 1. The largest absolute Gasteiger partial charge is 0.366 e. The molecule has 0 saturated carbocycles. The number of hydrogen-bond donors (Lipinski definition) is 1. The second-order valence-electron chi connectivity index (χ2n) is 6.96. The number of rotatable bonds is 5. The van der Waals surface area contributed by atoms with E-state index in [0.717, 1.165) is 17.8 Å². The Morgan fingerprint density at radius 3 is 2.62 bits per heavy atom. The van der Waals surface area contributed by atoms with Gasteiger partial charge in [0.2, 0.25) is 5.91 Å². The Balaban J connectivity index is 1.51. The van der Waals surface area contributed by atoms with Gasteiger partial charge in [-0.3, -0.25) is 9.69 Å². The highest BCUT2D eigenvalue weighted by molar-refractivity contribution is 6.00. The first-order valence-corrected chi connectivity index (χ1v) is 9.41. The van der Waals surface area contributed by atoms with Crippen LogP contribution in [0.5, 0.6) is 0 Å². The van der Waals surface area contributed by atoms with Crippen LogP contribution in [-0.4, -0.2) is 10.9 Å². The summed E-state index contributed by atoms with van der Waals surface area (Å²) in [6, 6.07) is 20.6. The lowest BCUT2D eigenvalue weighted by Crippen LogP contribution is -2.26. The number of anilines is 2. The van der Waals surface area contributed by atoms with Crippen LogP contribution < -0.4 is 4.90 Å². The Labute approximate surface area is 154 Å². The predicted octanol–water partition coefficient (Wildman–Crippen LogP) is 5.58. The maximum Gasteiger partial charge on any atom is 0.231 e. The molecule has 3 heteroatoms. The summed E-state index contributed by atoms with van der Waals surface area (Å²) in [5, 5.41) is 0. The predicted molar refractivity (Wildman–Crippen MR) is 106 cm³/mol. The number of nitrogens with one attached hydrogen (secondary N) is 1. The number of benzene rings is 2. The van der Waals surface area contributed by atoms with Crippen molar-refractivity contribution in [2.75, 3.05) is 4.90 Å². The third kappa shape index (κ3) is 3.43. The van der Waals surface area contributed by atoms with Crippen LogP contribution in [0.15, 0.2) is 73.1 Å². The van der Waals surface area contributed by atoms with Crippen LogP contribution in [0.3, 0.4) is 0 Å². The van der Waals surface area contributed by atoms with E-state index in [-0.39, 0.29) is 5.91 Å². The number of fused-ring (bicyclic) bond motifs is 1. The lowest BCUT2D eigenvalue weighted by molar-refractivity contribution is -0.118. The third-order valence-corrected chi connectivity index (χ3v) is 5.30. The molecule has 3 aromatic rings. The van der Waals surface area contributed by atoms with Gasteiger partial charge >= 0.3 is 0 Å². The van der Waals surface area contributed by atoms with E-state index in [4.69, 9.17) is 0 Å². The molecule has 1 N–H and O–H groups in total. The van der Waals surface area contributed by atoms with Gasteiger partial charge in [0.15, 0.2) is 0 Å². The molecule has 1 amide bonds. The second-order valence-corrected chi connectivity index (χ2v) is 6.96. The first-order valence-electron chi connectivity index (χ1n) is 9.41. The second kappa shape index (κ2) is 7.61. The number of aryl methyl sites for hydroxylation is 1. The molecule has 1 unspecified atom stereocenters. The summed E-state index contributed by atoms with van der Waals surface area (Å²) < 4.78 is 0. The van der Waals surface area contributed by atoms with Crippen LogP contribution in [-0.2, 0) is 11.2 Å². The van der Waals surface area contributed by atoms with Gasteiger partial charge in [-0.2, -0.15) is 0 Å². The van der Waals surface area contributed by atoms with E-state index in [2.05, 4.69) is 29.2 Å². The van der Waals surface area contributed by atoms with Crippen molar-refractivity contribution in [2.45, 2.75) is 38.0 Å². The topological polar surface area (TPSA) is 36.1 Å². The number of aromatic nitrogens is 1. The van der Waals surface area contributed by atoms with Crippen LogP contribution in [0.1, 0.15) is 42.7 Å². The first-order chi connectivity index (χ1) is 12.8. The van der Waals surface area contributed by atoms with Crippen molar-refractivity contribution < 1.29 is 4.79 Å². The minimum atomic E-state index is 0.152. The molecule has 1 atom stereocenters. The molecule has 1 aliphatic rings. The summed E-state index contributed by atoms with van der Waals surface area (Å²) in [4.78, 5) is 18.0. The fourth-order valence-corrected chi connectivity index (χ4v) is 4.03. The molecule has 1 heterocycles. The summed E-state index contributed by atoms with van der Waals surface area (Å²) in [5.74, 6) is 0.645. The van der Waals surface area contributed by atoms with Crippen molar-refractivity contribution in [3.63, 3.8) is 0 Å². The average Bonchev–Trinajstić information content (AvgIpc) is 3.21. The monoisotopic (exact) mass is 344 g/mol. The highest BCUT2D eigenvalue weighted by Crippen LogP contribution is 2.35. The van der Waals surface area contributed by atoms with Crippen LogP contribution >= 0.6 is 0 Å². The van der Waals surface area contributed by atoms with Gasteiger partial charge in [0.25, 0.3) is 0 Å². The Morgan fingerprint density at radius 2 is 1.81 bits per heavy atom. The Bertz CT molecular complexity index is 855. The third-order valence-electron chi connectivity index (χ3n) is 5.30. The van der Waals surface area contributed by atoms with Gasteiger partial charge < -0.3 is 4.98 Å². The molecule has 3 nitrogen and oxygen atoms in total. The van der Waals surface area contributed by atoms with Crippen LogP contribution in [0.2, 0.25) is 0 Å². The molecule has 4 rings (SSSR count). The van der Waals surface area contributed by atoms with E-state index in [1.54, 1.807) is 0 Å².